The molecule has 144 valence electrons. The van der Waals surface area contributed by atoms with Gasteiger partial charge >= 0.3 is 0 Å². The number of benzene rings is 1. The largest absolute Gasteiger partial charge is 0.368 e. The Hall–Kier alpha value is -2.41. The second-order valence-corrected chi connectivity index (χ2v) is 7.39. The van der Waals surface area contributed by atoms with E-state index in [1.165, 1.54) is 0 Å². The van der Waals surface area contributed by atoms with Crippen molar-refractivity contribution in [3.63, 3.8) is 0 Å². The van der Waals surface area contributed by atoms with Crippen LogP contribution in [0.1, 0.15) is 41.6 Å². The normalized spacial score (nSPS) is 22.8. The third kappa shape index (κ3) is 3.83. The van der Waals surface area contributed by atoms with Gasteiger partial charge in [0.1, 0.15) is 6.10 Å². The third-order valence-corrected chi connectivity index (χ3v) is 5.55. The summed E-state index contributed by atoms with van der Waals surface area (Å²) in [6, 6.07) is 5.47. The van der Waals surface area contributed by atoms with Crippen LogP contribution >= 0.6 is 0 Å². The monoisotopic (exact) mass is 371 g/mol. The van der Waals surface area contributed by atoms with E-state index in [9.17, 15) is 14.4 Å². The predicted molar refractivity (Wildman–Crippen MR) is 99.5 cm³/mol. The molecule has 3 heterocycles. The van der Waals surface area contributed by atoms with E-state index >= 15 is 0 Å². The van der Waals surface area contributed by atoms with Crippen molar-refractivity contribution in [3.8, 4) is 0 Å². The fraction of sp³-hybridized carbons (Fsp3) is 0.550. The lowest BCUT2D eigenvalue weighted by molar-refractivity contribution is -0.140. The lowest BCUT2D eigenvalue weighted by Crippen LogP contribution is -2.41. The Bertz CT molecular complexity index is 758. The molecule has 4 rings (SSSR count). The summed E-state index contributed by atoms with van der Waals surface area (Å²) in [5.74, 6) is 0.0672. The van der Waals surface area contributed by atoms with E-state index in [1.54, 1.807) is 6.07 Å². The van der Waals surface area contributed by atoms with Gasteiger partial charge in [0.2, 0.25) is 5.91 Å². The van der Waals surface area contributed by atoms with Crippen molar-refractivity contribution in [2.45, 2.75) is 38.2 Å². The van der Waals surface area contributed by atoms with Crippen LogP contribution in [0.25, 0.3) is 0 Å². The van der Waals surface area contributed by atoms with Gasteiger partial charge in [0, 0.05) is 50.5 Å². The van der Waals surface area contributed by atoms with Crippen LogP contribution in [0.4, 0.5) is 5.69 Å². The molecule has 2 fully saturated rings. The van der Waals surface area contributed by atoms with E-state index in [4.69, 9.17) is 4.74 Å². The number of amides is 3. The number of ether oxygens (including phenoxy) is 1. The Morgan fingerprint density at radius 2 is 1.85 bits per heavy atom. The maximum atomic E-state index is 12.9. The zero-order valence-electron chi connectivity index (χ0n) is 15.4. The molecule has 3 amide bonds. The highest BCUT2D eigenvalue weighted by Gasteiger charge is 2.30. The van der Waals surface area contributed by atoms with Crippen molar-refractivity contribution in [2.75, 3.05) is 38.1 Å². The first-order valence-corrected chi connectivity index (χ1v) is 9.74. The summed E-state index contributed by atoms with van der Waals surface area (Å²) in [6.07, 6.45) is 3.31. The predicted octanol–water partition coefficient (Wildman–Crippen LogP) is 1.42. The standard InChI is InChI=1S/C20H25N3O4/c24-18-7-5-14-13-15(4-6-16(14)21-18)19(25)22-8-2-9-23(11-10-22)20(26)17-3-1-12-27-17/h4,6,13,17H,1-3,5,7-12H2,(H,21,24). The topological polar surface area (TPSA) is 79.0 Å². The summed E-state index contributed by atoms with van der Waals surface area (Å²) in [4.78, 5) is 40.6. The molecule has 3 aliphatic heterocycles. The van der Waals surface area contributed by atoms with E-state index in [-0.39, 0.29) is 23.8 Å². The molecule has 1 N–H and O–H groups in total. The molecular weight excluding hydrogens is 346 g/mol. The molecule has 0 radical (unpaired) electrons. The SMILES string of the molecule is O=C1CCc2cc(C(=O)N3CCCN(C(=O)C4CCCO4)CC3)ccc2N1. The fourth-order valence-electron chi connectivity index (χ4n) is 4.02. The summed E-state index contributed by atoms with van der Waals surface area (Å²) in [6.45, 7) is 3.05. The maximum Gasteiger partial charge on any atom is 0.253 e. The van der Waals surface area contributed by atoms with E-state index in [0.29, 0.717) is 51.2 Å². The molecule has 1 aromatic carbocycles. The summed E-state index contributed by atoms with van der Waals surface area (Å²) in [5, 5.41) is 2.84. The molecule has 0 bridgehead atoms. The average molecular weight is 371 g/mol. The summed E-state index contributed by atoms with van der Waals surface area (Å²) in [7, 11) is 0. The molecule has 7 heteroatoms. The zero-order valence-corrected chi connectivity index (χ0v) is 15.4. The van der Waals surface area contributed by atoms with Crippen molar-refractivity contribution in [1.82, 2.24) is 9.80 Å². The molecule has 1 aromatic rings. The second-order valence-electron chi connectivity index (χ2n) is 7.39. The van der Waals surface area contributed by atoms with Gasteiger partial charge in [-0.2, -0.15) is 0 Å². The first-order valence-electron chi connectivity index (χ1n) is 9.74. The summed E-state index contributed by atoms with van der Waals surface area (Å²) >= 11 is 0. The summed E-state index contributed by atoms with van der Waals surface area (Å²) < 4.78 is 5.51. The molecule has 27 heavy (non-hydrogen) atoms. The van der Waals surface area contributed by atoms with E-state index in [1.807, 2.05) is 21.9 Å². The number of anilines is 1. The number of carbonyl (C=O) groups excluding carboxylic acids is 3. The van der Waals surface area contributed by atoms with Crippen LogP contribution < -0.4 is 5.32 Å². The quantitative estimate of drug-likeness (QED) is 0.853. The van der Waals surface area contributed by atoms with Crippen molar-refractivity contribution >= 4 is 23.4 Å². The number of nitrogens with zero attached hydrogens (tertiary/aromatic N) is 2. The fourth-order valence-corrected chi connectivity index (χ4v) is 4.02. The minimum Gasteiger partial charge on any atom is -0.368 e. The first-order chi connectivity index (χ1) is 13.1. The van der Waals surface area contributed by atoms with Crippen molar-refractivity contribution < 1.29 is 19.1 Å². The van der Waals surface area contributed by atoms with Gasteiger partial charge in [-0.15, -0.1) is 0 Å². The highest BCUT2D eigenvalue weighted by Crippen LogP contribution is 2.24. The number of nitrogens with one attached hydrogen (secondary N) is 1. The zero-order chi connectivity index (χ0) is 18.8. The average Bonchev–Trinajstić information content (AvgIpc) is 3.11. The van der Waals surface area contributed by atoms with Gasteiger partial charge in [-0.3, -0.25) is 14.4 Å². The van der Waals surface area contributed by atoms with E-state index < -0.39 is 0 Å². The molecule has 0 aliphatic carbocycles. The maximum absolute atomic E-state index is 12.9. The van der Waals surface area contributed by atoms with E-state index in [2.05, 4.69) is 5.32 Å². The van der Waals surface area contributed by atoms with Crippen molar-refractivity contribution in [3.05, 3.63) is 29.3 Å². The van der Waals surface area contributed by atoms with Crippen molar-refractivity contribution in [2.24, 2.45) is 0 Å². The van der Waals surface area contributed by atoms with Gasteiger partial charge < -0.3 is 19.9 Å². The Kier molecular flexibility index (Phi) is 5.11. The van der Waals surface area contributed by atoms with Crippen LogP contribution in [0, 0.1) is 0 Å². The Morgan fingerprint density at radius 1 is 1.04 bits per heavy atom. The van der Waals surface area contributed by atoms with Crippen molar-refractivity contribution in [1.29, 1.82) is 0 Å². The summed E-state index contributed by atoms with van der Waals surface area (Å²) in [5.41, 5.74) is 2.45. The lowest BCUT2D eigenvalue weighted by Gasteiger charge is -2.24. The number of hydrogen-bond acceptors (Lipinski definition) is 4. The Balaban J connectivity index is 1.41. The van der Waals surface area contributed by atoms with Gasteiger partial charge in [-0.05, 0) is 49.4 Å². The third-order valence-electron chi connectivity index (χ3n) is 5.55. The molecule has 1 unspecified atom stereocenters. The van der Waals surface area contributed by atoms with Crippen LogP contribution in [0.3, 0.4) is 0 Å². The molecule has 0 aromatic heterocycles. The van der Waals surface area contributed by atoms with Gasteiger partial charge in [-0.25, -0.2) is 0 Å². The lowest BCUT2D eigenvalue weighted by atomic mass is 10.00. The van der Waals surface area contributed by atoms with Gasteiger partial charge in [-0.1, -0.05) is 0 Å². The van der Waals surface area contributed by atoms with Crippen LogP contribution in [-0.2, 0) is 20.7 Å². The van der Waals surface area contributed by atoms with Crippen LogP contribution in [0.2, 0.25) is 0 Å². The molecule has 0 saturated carbocycles. The minimum absolute atomic E-state index is 0.0129. The van der Waals surface area contributed by atoms with Crippen LogP contribution in [0.15, 0.2) is 18.2 Å². The number of rotatable bonds is 2. The molecule has 7 nitrogen and oxygen atoms in total. The number of fused-ring (bicyclic) bond motifs is 1. The number of carbonyl (C=O) groups is 3. The molecule has 0 spiro atoms. The molecule has 1 atom stereocenters. The van der Waals surface area contributed by atoms with Crippen LogP contribution in [-0.4, -0.2) is 66.4 Å². The van der Waals surface area contributed by atoms with Gasteiger partial charge in [0.15, 0.2) is 0 Å². The Morgan fingerprint density at radius 3 is 2.67 bits per heavy atom. The highest BCUT2D eigenvalue weighted by atomic mass is 16.5. The Labute approximate surface area is 158 Å². The van der Waals surface area contributed by atoms with Gasteiger partial charge in [0.25, 0.3) is 11.8 Å². The molecular formula is C20H25N3O4. The first kappa shape index (κ1) is 18.0. The molecule has 3 aliphatic rings. The second kappa shape index (κ2) is 7.68. The highest BCUT2D eigenvalue weighted by molar-refractivity contribution is 5.98. The molecule has 2 saturated heterocycles. The smallest absolute Gasteiger partial charge is 0.253 e. The number of aryl methyl sites for hydroxylation is 1. The minimum atomic E-state index is -0.303. The van der Waals surface area contributed by atoms with Gasteiger partial charge in [0.05, 0.1) is 0 Å². The van der Waals surface area contributed by atoms with Crippen LogP contribution in [0.5, 0.6) is 0 Å². The van der Waals surface area contributed by atoms with E-state index in [0.717, 1.165) is 30.5 Å². The number of hydrogen-bond donors (Lipinski definition) is 1.